The summed E-state index contributed by atoms with van der Waals surface area (Å²) in [7, 11) is 0. The number of aryl methyl sites for hydroxylation is 1. The smallest absolute Gasteiger partial charge is 0.252 e. The van der Waals surface area contributed by atoms with Gasteiger partial charge in [0.1, 0.15) is 6.04 Å². The third-order valence-electron chi connectivity index (χ3n) is 4.43. The monoisotopic (exact) mass is 406 g/mol. The number of carbonyl (C=O) groups is 2. The number of amides is 2. The second-order valence-corrected chi connectivity index (χ2v) is 7.73. The lowest BCUT2D eigenvalue weighted by Crippen LogP contribution is -2.50. The van der Waals surface area contributed by atoms with Crippen LogP contribution in [0.5, 0.6) is 0 Å². The predicted octanol–water partition coefficient (Wildman–Crippen LogP) is 4.93. The molecule has 4 nitrogen and oxygen atoms in total. The second kappa shape index (κ2) is 9.25. The van der Waals surface area contributed by atoms with E-state index in [1.54, 1.807) is 24.3 Å². The first-order valence-corrected chi connectivity index (χ1v) is 9.58. The van der Waals surface area contributed by atoms with E-state index >= 15 is 0 Å². The third-order valence-corrected chi connectivity index (χ3v) is 5.17. The van der Waals surface area contributed by atoms with E-state index in [0.717, 1.165) is 11.1 Å². The molecule has 0 aliphatic carbocycles. The first-order chi connectivity index (χ1) is 12.7. The van der Waals surface area contributed by atoms with Gasteiger partial charge in [0.2, 0.25) is 5.91 Å². The highest BCUT2D eigenvalue weighted by atomic mass is 35.5. The molecule has 2 amide bonds. The molecule has 0 saturated heterocycles. The van der Waals surface area contributed by atoms with Crippen LogP contribution < -0.4 is 10.6 Å². The number of carbonyl (C=O) groups excluding carboxylic acids is 2. The molecule has 0 aromatic heterocycles. The van der Waals surface area contributed by atoms with Crippen LogP contribution in [0.2, 0.25) is 10.0 Å². The molecular formula is C21H24Cl2N2O2. The first-order valence-electron chi connectivity index (χ1n) is 8.82. The van der Waals surface area contributed by atoms with Crippen LogP contribution in [0.15, 0.2) is 42.5 Å². The SMILES string of the molecule is Cc1ccccc1C(=O)N[C@H](C(=O)NC(C)c1ccc(Cl)c(Cl)c1)C(C)C. The van der Waals surface area contributed by atoms with Crippen LogP contribution >= 0.6 is 23.2 Å². The standard InChI is InChI=1S/C21H24Cl2N2O2/c1-12(2)19(25-20(26)16-8-6-5-7-13(16)3)21(27)24-14(4)15-9-10-17(22)18(23)11-15/h5-12,14,19H,1-4H3,(H,24,27)(H,25,26)/t14?,19-/m0/s1. The minimum Gasteiger partial charge on any atom is -0.348 e. The molecule has 2 aromatic carbocycles. The summed E-state index contributed by atoms with van der Waals surface area (Å²) < 4.78 is 0. The second-order valence-electron chi connectivity index (χ2n) is 6.91. The van der Waals surface area contributed by atoms with Crippen LogP contribution in [0.3, 0.4) is 0 Å². The molecule has 2 N–H and O–H groups in total. The summed E-state index contributed by atoms with van der Waals surface area (Å²) in [5, 5.41) is 6.69. The fourth-order valence-corrected chi connectivity index (χ4v) is 3.06. The average Bonchev–Trinajstić information content (AvgIpc) is 2.61. The van der Waals surface area contributed by atoms with Crippen LogP contribution in [0.25, 0.3) is 0 Å². The maximum Gasteiger partial charge on any atom is 0.252 e. The summed E-state index contributed by atoms with van der Waals surface area (Å²) in [6, 6.07) is 11.6. The Morgan fingerprint density at radius 2 is 1.59 bits per heavy atom. The highest BCUT2D eigenvalue weighted by molar-refractivity contribution is 6.42. The molecule has 0 saturated carbocycles. The number of benzene rings is 2. The fraction of sp³-hybridized carbons (Fsp3) is 0.333. The summed E-state index contributed by atoms with van der Waals surface area (Å²) in [4.78, 5) is 25.4. The lowest BCUT2D eigenvalue weighted by atomic mass is 10.0. The van der Waals surface area contributed by atoms with Gasteiger partial charge in [-0.25, -0.2) is 0 Å². The topological polar surface area (TPSA) is 58.2 Å². The van der Waals surface area contributed by atoms with E-state index in [2.05, 4.69) is 10.6 Å². The van der Waals surface area contributed by atoms with Gasteiger partial charge in [0, 0.05) is 5.56 Å². The van der Waals surface area contributed by atoms with E-state index in [4.69, 9.17) is 23.2 Å². The highest BCUT2D eigenvalue weighted by Crippen LogP contribution is 2.25. The molecule has 0 aliphatic heterocycles. The Morgan fingerprint density at radius 3 is 2.19 bits per heavy atom. The number of hydrogen-bond donors (Lipinski definition) is 2. The Hall–Kier alpha value is -2.04. The molecule has 2 atom stereocenters. The normalized spacial score (nSPS) is 13.1. The van der Waals surface area contributed by atoms with E-state index in [0.29, 0.717) is 15.6 Å². The molecular weight excluding hydrogens is 383 g/mol. The molecule has 144 valence electrons. The van der Waals surface area contributed by atoms with Crippen molar-refractivity contribution in [2.75, 3.05) is 0 Å². The van der Waals surface area contributed by atoms with Gasteiger partial charge in [0.05, 0.1) is 16.1 Å². The first kappa shape index (κ1) is 21.3. The van der Waals surface area contributed by atoms with Gasteiger partial charge in [-0.3, -0.25) is 9.59 Å². The van der Waals surface area contributed by atoms with Gasteiger partial charge >= 0.3 is 0 Å². The minimum absolute atomic E-state index is 0.0704. The van der Waals surface area contributed by atoms with Gasteiger partial charge < -0.3 is 10.6 Å². The molecule has 6 heteroatoms. The maximum absolute atomic E-state index is 12.8. The Morgan fingerprint density at radius 1 is 0.926 bits per heavy atom. The number of hydrogen-bond acceptors (Lipinski definition) is 2. The van der Waals surface area contributed by atoms with Crippen molar-refractivity contribution in [2.24, 2.45) is 5.92 Å². The van der Waals surface area contributed by atoms with E-state index in [9.17, 15) is 9.59 Å². The number of rotatable bonds is 6. The fourth-order valence-electron chi connectivity index (χ4n) is 2.75. The van der Waals surface area contributed by atoms with E-state index in [1.807, 2.05) is 45.9 Å². The number of halogens is 2. The van der Waals surface area contributed by atoms with Crippen molar-refractivity contribution in [1.82, 2.24) is 10.6 Å². The Labute approximate surface area is 170 Å². The molecule has 2 rings (SSSR count). The van der Waals surface area contributed by atoms with Crippen molar-refractivity contribution in [3.63, 3.8) is 0 Å². The quantitative estimate of drug-likeness (QED) is 0.713. The molecule has 0 spiro atoms. The van der Waals surface area contributed by atoms with Crippen LogP contribution in [0.4, 0.5) is 0 Å². The van der Waals surface area contributed by atoms with Crippen molar-refractivity contribution in [3.8, 4) is 0 Å². The predicted molar refractivity (Wildman–Crippen MR) is 110 cm³/mol. The van der Waals surface area contributed by atoms with Crippen molar-refractivity contribution >= 4 is 35.0 Å². The Balaban J connectivity index is 2.11. The zero-order valence-electron chi connectivity index (χ0n) is 15.8. The highest BCUT2D eigenvalue weighted by Gasteiger charge is 2.26. The molecule has 1 unspecified atom stereocenters. The van der Waals surface area contributed by atoms with E-state index < -0.39 is 6.04 Å². The Kier molecular flexibility index (Phi) is 7.28. The molecule has 2 aromatic rings. The lowest BCUT2D eigenvalue weighted by Gasteiger charge is -2.24. The molecule has 0 fully saturated rings. The van der Waals surface area contributed by atoms with Crippen LogP contribution in [0.1, 0.15) is 48.3 Å². The molecule has 0 bridgehead atoms. The van der Waals surface area contributed by atoms with Crippen molar-refractivity contribution < 1.29 is 9.59 Å². The van der Waals surface area contributed by atoms with E-state index in [1.165, 1.54) is 0 Å². The Bertz CT molecular complexity index is 837. The van der Waals surface area contributed by atoms with E-state index in [-0.39, 0.29) is 23.8 Å². The molecule has 0 radical (unpaired) electrons. The van der Waals surface area contributed by atoms with Crippen molar-refractivity contribution in [3.05, 3.63) is 69.2 Å². The van der Waals surface area contributed by atoms with Gasteiger partial charge in [-0.1, -0.05) is 61.3 Å². The third kappa shape index (κ3) is 5.47. The zero-order valence-corrected chi connectivity index (χ0v) is 17.4. The minimum atomic E-state index is -0.651. The summed E-state index contributed by atoms with van der Waals surface area (Å²) in [5.41, 5.74) is 2.26. The molecule has 27 heavy (non-hydrogen) atoms. The summed E-state index contributed by atoms with van der Waals surface area (Å²) in [5.74, 6) is -0.575. The van der Waals surface area contributed by atoms with Gasteiger partial charge in [0.15, 0.2) is 0 Å². The van der Waals surface area contributed by atoms with Crippen LogP contribution in [-0.2, 0) is 4.79 Å². The van der Waals surface area contributed by atoms with Crippen LogP contribution in [-0.4, -0.2) is 17.9 Å². The summed E-state index contributed by atoms with van der Waals surface area (Å²) >= 11 is 12.0. The van der Waals surface area contributed by atoms with Gasteiger partial charge in [-0.15, -0.1) is 0 Å². The average molecular weight is 407 g/mol. The van der Waals surface area contributed by atoms with Crippen molar-refractivity contribution in [2.45, 2.75) is 39.8 Å². The molecule has 0 heterocycles. The largest absolute Gasteiger partial charge is 0.348 e. The van der Waals surface area contributed by atoms with Gasteiger partial charge in [0.25, 0.3) is 5.91 Å². The number of nitrogens with one attached hydrogen (secondary N) is 2. The zero-order chi connectivity index (χ0) is 20.1. The van der Waals surface area contributed by atoms with Gasteiger partial charge in [-0.05, 0) is 49.1 Å². The maximum atomic E-state index is 12.8. The lowest BCUT2D eigenvalue weighted by molar-refractivity contribution is -0.124. The van der Waals surface area contributed by atoms with Crippen molar-refractivity contribution in [1.29, 1.82) is 0 Å². The summed E-state index contributed by atoms with van der Waals surface area (Å²) in [6.45, 7) is 7.52. The van der Waals surface area contributed by atoms with Crippen LogP contribution in [0, 0.1) is 12.8 Å². The van der Waals surface area contributed by atoms with Gasteiger partial charge in [-0.2, -0.15) is 0 Å². The molecule has 0 aliphatic rings. The summed E-state index contributed by atoms with van der Waals surface area (Å²) in [6.07, 6.45) is 0.